The van der Waals surface area contributed by atoms with Gasteiger partial charge in [-0.25, -0.2) is 4.98 Å². The Kier molecular flexibility index (Phi) is 6.45. The fraction of sp³-hybridized carbons (Fsp3) is 0.714. The molecule has 0 radical (unpaired) electrons. The maximum atomic E-state index is 7.49. The third kappa shape index (κ3) is 5.70. The molecule has 1 rings (SSSR count). The quantitative estimate of drug-likeness (QED) is 0.415. The predicted molar refractivity (Wildman–Crippen MR) is 80.9 cm³/mol. The largest absolute Gasteiger partial charge is 0.387 e. The van der Waals surface area contributed by atoms with Gasteiger partial charge in [-0.3, -0.25) is 5.41 Å². The van der Waals surface area contributed by atoms with E-state index in [0.717, 1.165) is 44.6 Å². The second-order valence-electron chi connectivity index (χ2n) is 5.48. The van der Waals surface area contributed by atoms with Crippen molar-refractivity contribution >= 4 is 17.2 Å². The van der Waals surface area contributed by atoms with Crippen LogP contribution in [0.2, 0.25) is 0 Å². The molecule has 0 aliphatic rings. The molecule has 1 heterocycles. The average Bonchev–Trinajstić information content (AvgIpc) is 2.73. The van der Waals surface area contributed by atoms with Crippen LogP contribution in [0.4, 0.5) is 0 Å². The minimum atomic E-state index is -0.181. The molecule has 0 fully saturated rings. The van der Waals surface area contributed by atoms with Crippen LogP contribution in [0.15, 0.2) is 5.51 Å². The first kappa shape index (κ1) is 16.1. The number of aromatic nitrogens is 1. The third-order valence-corrected chi connectivity index (χ3v) is 4.38. The summed E-state index contributed by atoms with van der Waals surface area (Å²) in [5.41, 5.74) is 8.37. The minimum absolute atomic E-state index is 0.181. The van der Waals surface area contributed by atoms with Crippen molar-refractivity contribution in [3.63, 3.8) is 0 Å². The van der Waals surface area contributed by atoms with Crippen LogP contribution in [0, 0.1) is 17.7 Å². The molecule has 19 heavy (non-hydrogen) atoms. The van der Waals surface area contributed by atoms with Crippen LogP contribution in [0.25, 0.3) is 0 Å². The van der Waals surface area contributed by atoms with E-state index in [1.165, 1.54) is 4.88 Å². The second-order valence-corrected chi connectivity index (χ2v) is 6.42. The summed E-state index contributed by atoms with van der Waals surface area (Å²) in [6.07, 6.45) is 3.97. The highest BCUT2D eigenvalue weighted by Crippen LogP contribution is 2.22. The first-order chi connectivity index (χ1) is 8.93. The lowest BCUT2D eigenvalue weighted by molar-refractivity contribution is 0.132. The van der Waals surface area contributed by atoms with Gasteiger partial charge in [0.1, 0.15) is 0 Å². The number of rotatable bonds is 9. The number of amidine groups is 1. The molecule has 0 spiro atoms. The standard InChI is InChI=1S/C14H25N3OS/c1-11-12(19-10-17-11)6-9-18-8-5-4-7-14(2,3)13(15)16/h10H,4-9H2,1-3H3,(H3,15,16). The summed E-state index contributed by atoms with van der Waals surface area (Å²) < 4.78 is 5.63. The van der Waals surface area contributed by atoms with Gasteiger partial charge in [-0.1, -0.05) is 20.3 Å². The smallest absolute Gasteiger partial charge is 0.0963 e. The van der Waals surface area contributed by atoms with E-state index in [0.29, 0.717) is 0 Å². The summed E-state index contributed by atoms with van der Waals surface area (Å²) in [5.74, 6) is 0.272. The van der Waals surface area contributed by atoms with Crippen LogP contribution in [-0.4, -0.2) is 24.0 Å². The van der Waals surface area contributed by atoms with Gasteiger partial charge in [0, 0.05) is 23.3 Å². The zero-order valence-corrected chi connectivity index (χ0v) is 13.0. The van der Waals surface area contributed by atoms with Gasteiger partial charge in [0.05, 0.1) is 23.6 Å². The van der Waals surface area contributed by atoms with Gasteiger partial charge >= 0.3 is 0 Å². The average molecular weight is 283 g/mol. The molecule has 0 saturated carbocycles. The van der Waals surface area contributed by atoms with Crippen molar-refractivity contribution < 1.29 is 4.74 Å². The second kappa shape index (κ2) is 7.60. The fourth-order valence-electron chi connectivity index (χ4n) is 1.74. The Morgan fingerprint density at radius 1 is 1.42 bits per heavy atom. The normalized spacial score (nSPS) is 11.7. The van der Waals surface area contributed by atoms with Crippen LogP contribution >= 0.6 is 11.3 Å². The first-order valence-corrected chi connectivity index (χ1v) is 7.62. The van der Waals surface area contributed by atoms with E-state index in [2.05, 4.69) is 4.98 Å². The number of nitrogens with zero attached hydrogens (tertiary/aromatic N) is 1. The predicted octanol–water partition coefficient (Wildman–Crippen LogP) is 3.14. The van der Waals surface area contributed by atoms with Crippen LogP contribution < -0.4 is 5.73 Å². The molecule has 0 aliphatic heterocycles. The molecular formula is C14H25N3OS. The Hall–Kier alpha value is -0.940. The fourth-order valence-corrected chi connectivity index (χ4v) is 2.50. The van der Waals surface area contributed by atoms with E-state index in [4.69, 9.17) is 15.9 Å². The lowest BCUT2D eigenvalue weighted by atomic mass is 9.86. The van der Waals surface area contributed by atoms with E-state index in [1.54, 1.807) is 11.3 Å². The molecule has 0 aromatic carbocycles. The van der Waals surface area contributed by atoms with Crippen molar-refractivity contribution in [3.8, 4) is 0 Å². The van der Waals surface area contributed by atoms with Crippen molar-refractivity contribution in [2.24, 2.45) is 11.1 Å². The molecule has 0 bridgehead atoms. The Morgan fingerprint density at radius 3 is 2.74 bits per heavy atom. The van der Waals surface area contributed by atoms with Crippen molar-refractivity contribution in [1.82, 2.24) is 4.98 Å². The van der Waals surface area contributed by atoms with Crippen molar-refractivity contribution in [1.29, 1.82) is 5.41 Å². The topological polar surface area (TPSA) is 72.0 Å². The Balaban J connectivity index is 2.03. The molecule has 0 amide bonds. The molecule has 4 nitrogen and oxygen atoms in total. The lowest BCUT2D eigenvalue weighted by Crippen LogP contribution is -2.30. The number of ether oxygens (including phenoxy) is 1. The molecule has 5 heteroatoms. The highest BCUT2D eigenvalue weighted by Gasteiger charge is 2.20. The zero-order chi connectivity index (χ0) is 14.3. The van der Waals surface area contributed by atoms with Gasteiger partial charge in [-0.05, 0) is 19.8 Å². The highest BCUT2D eigenvalue weighted by atomic mass is 32.1. The lowest BCUT2D eigenvalue weighted by Gasteiger charge is -2.22. The van der Waals surface area contributed by atoms with Crippen molar-refractivity contribution in [2.45, 2.75) is 46.5 Å². The van der Waals surface area contributed by atoms with E-state index < -0.39 is 0 Å². The summed E-state index contributed by atoms with van der Waals surface area (Å²) in [6, 6.07) is 0. The molecule has 0 unspecified atom stereocenters. The van der Waals surface area contributed by atoms with Gasteiger partial charge in [0.15, 0.2) is 0 Å². The van der Waals surface area contributed by atoms with E-state index >= 15 is 0 Å². The van der Waals surface area contributed by atoms with Gasteiger partial charge in [0.25, 0.3) is 0 Å². The van der Waals surface area contributed by atoms with Crippen molar-refractivity contribution in [3.05, 3.63) is 16.1 Å². The maximum absolute atomic E-state index is 7.49. The molecule has 108 valence electrons. The molecule has 0 atom stereocenters. The molecule has 3 N–H and O–H groups in total. The van der Waals surface area contributed by atoms with Crippen LogP contribution in [0.3, 0.4) is 0 Å². The molecule has 0 saturated heterocycles. The molecule has 1 aromatic heterocycles. The number of hydrogen-bond acceptors (Lipinski definition) is 4. The van der Waals surface area contributed by atoms with Gasteiger partial charge in [0.2, 0.25) is 0 Å². The summed E-state index contributed by atoms with van der Waals surface area (Å²) in [7, 11) is 0. The number of hydrogen-bond donors (Lipinski definition) is 2. The highest BCUT2D eigenvalue weighted by molar-refractivity contribution is 7.09. The Morgan fingerprint density at radius 2 is 2.16 bits per heavy atom. The van der Waals surface area contributed by atoms with Crippen LogP contribution in [-0.2, 0) is 11.2 Å². The molecule has 1 aromatic rings. The first-order valence-electron chi connectivity index (χ1n) is 6.74. The zero-order valence-electron chi connectivity index (χ0n) is 12.2. The number of nitrogens with two attached hydrogens (primary N) is 1. The van der Waals surface area contributed by atoms with Crippen molar-refractivity contribution in [2.75, 3.05) is 13.2 Å². The van der Waals surface area contributed by atoms with Crippen LogP contribution in [0.1, 0.15) is 43.7 Å². The number of thiazole rings is 1. The summed E-state index contributed by atoms with van der Waals surface area (Å²) in [4.78, 5) is 5.54. The molecular weight excluding hydrogens is 258 g/mol. The van der Waals surface area contributed by atoms with E-state index in [1.807, 2.05) is 26.3 Å². The number of unbranched alkanes of at least 4 members (excludes halogenated alkanes) is 1. The van der Waals surface area contributed by atoms with E-state index in [-0.39, 0.29) is 11.3 Å². The summed E-state index contributed by atoms with van der Waals surface area (Å²) in [6.45, 7) is 7.62. The van der Waals surface area contributed by atoms with Crippen LogP contribution in [0.5, 0.6) is 0 Å². The number of nitrogens with one attached hydrogen (secondary N) is 1. The van der Waals surface area contributed by atoms with Gasteiger partial charge in [-0.15, -0.1) is 11.3 Å². The van der Waals surface area contributed by atoms with E-state index in [9.17, 15) is 0 Å². The third-order valence-electron chi connectivity index (χ3n) is 3.39. The van der Waals surface area contributed by atoms with Gasteiger partial charge in [-0.2, -0.15) is 0 Å². The SMILES string of the molecule is Cc1ncsc1CCOCCCCC(C)(C)C(=N)N. The summed E-state index contributed by atoms with van der Waals surface area (Å²) >= 11 is 1.70. The Labute approximate surface area is 119 Å². The molecule has 0 aliphatic carbocycles. The van der Waals surface area contributed by atoms with Gasteiger partial charge < -0.3 is 10.5 Å². The Bertz CT molecular complexity index is 401. The monoisotopic (exact) mass is 283 g/mol. The number of aryl methyl sites for hydroxylation is 1. The summed E-state index contributed by atoms with van der Waals surface area (Å²) in [5, 5.41) is 7.49. The minimum Gasteiger partial charge on any atom is -0.387 e. The maximum Gasteiger partial charge on any atom is 0.0963 e.